The molecule has 2 aromatic carbocycles. The lowest BCUT2D eigenvalue weighted by atomic mass is 10.2. The molecular formula is C26H31FN6O2. The monoisotopic (exact) mass is 478 g/mol. The van der Waals surface area contributed by atoms with E-state index in [9.17, 15) is 14.5 Å². The van der Waals surface area contributed by atoms with Crippen molar-refractivity contribution in [2.24, 2.45) is 0 Å². The van der Waals surface area contributed by atoms with E-state index in [1.165, 1.54) is 37.2 Å². The summed E-state index contributed by atoms with van der Waals surface area (Å²) in [5.41, 5.74) is 1.29. The lowest BCUT2D eigenvalue weighted by molar-refractivity contribution is -0.384. The zero-order chi connectivity index (χ0) is 24.6. The summed E-state index contributed by atoms with van der Waals surface area (Å²) in [6.07, 6.45) is 5.68. The molecule has 1 fully saturated rings. The molecule has 2 heterocycles. The van der Waals surface area contributed by atoms with E-state index < -0.39 is 4.92 Å². The Kier molecular flexibility index (Phi) is 8.33. The van der Waals surface area contributed by atoms with Gasteiger partial charge in [0.1, 0.15) is 11.6 Å². The Bertz CT molecular complexity index is 1180. The molecule has 0 amide bonds. The van der Waals surface area contributed by atoms with E-state index in [2.05, 4.69) is 32.0 Å². The van der Waals surface area contributed by atoms with Crippen LogP contribution in [0.5, 0.6) is 0 Å². The Morgan fingerprint density at radius 3 is 2.43 bits per heavy atom. The molecule has 0 spiro atoms. The van der Waals surface area contributed by atoms with E-state index in [4.69, 9.17) is 0 Å². The van der Waals surface area contributed by atoms with Crippen LogP contribution in [0.3, 0.4) is 0 Å². The molecule has 1 N–H and O–H groups in total. The summed E-state index contributed by atoms with van der Waals surface area (Å²) < 4.78 is 13.2. The highest BCUT2D eigenvalue weighted by Crippen LogP contribution is 2.25. The number of nitro benzene ring substituents is 1. The average Bonchev–Trinajstić information content (AvgIpc) is 2.87. The van der Waals surface area contributed by atoms with Crippen LogP contribution in [-0.2, 0) is 0 Å². The highest BCUT2D eigenvalue weighted by atomic mass is 19.1. The Morgan fingerprint density at radius 2 is 1.74 bits per heavy atom. The number of rotatable bonds is 10. The van der Waals surface area contributed by atoms with Crippen molar-refractivity contribution in [3.63, 3.8) is 0 Å². The predicted octanol–water partition coefficient (Wildman–Crippen LogP) is 4.68. The molecule has 1 saturated heterocycles. The molecule has 8 nitrogen and oxygen atoms in total. The predicted molar refractivity (Wildman–Crippen MR) is 138 cm³/mol. The summed E-state index contributed by atoms with van der Waals surface area (Å²) in [6.45, 7) is 9.58. The molecule has 0 saturated carbocycles. The molecule has 1 aliphatic rings. The topological polar surface area (TPSA) is 87.4 Å². The largest absolute Gasteiger partial charge is 0.369 e. The van der Waals surface area contributed by atoms with Gasteiger partial charge < -0.3 is 15.1 Å². The fourth-order valence-electron chi connectivity index (χ4n) is 4.27. The van der Waals surface area contributed by atoms with Crippen LogP contribution in [0.4, 0.5) is 15.9 Å². The number of anilines is 1. The number of nitro groups is 1. The van der Waals surface area contributed by atoms with Gasteiger partial charge >= 0.3 is 0 Å². The molecule has 0 atom stereocenters. The van der Waals surface area contributed by atoms with Crippen molar-refractivity contribution in [1.29, 1.82) is 0 Å². The van der Waals surface area contributed by atoms with Gasteiger partial charge in [-0.05, 0) is 55.8 Å². The van der Waals surface area contributed by atoms with E-state index in [0.29, 0.717) is 17.2 Å². The van der Waals surface area contributed by atoms with Crippen LogP contribution in [0.25, 0.3) is 23.1 Å². The summed E-state index contributed by atoms with van der Waals surface area (Å²) in [7, 11) is 0. The zero-order valence-electron chi connectivity index (χ0n) is 20.0. The highest BCUT2D eigenvalue weighted by Gasteiger charge is 2.16. The third kappa shape index (κ3) is 6.80. The summed E-state index contributed by atoms with van der Waals surface area (Å²) in [4.78, 5) is 25.0. The quantitative estimate of drug-likeness (QED) is 0.257. The molecular weight excluding hydrogens is 447 g/mol. The first-order valence-corrected chi connectivity index (χ1v) is 12.1. The summed E-state index contributed by atoms with van der Waals surface area (Å²) in [6, 6.07) is 10.7. The fraction of sp³-hybridized carbons (Fsp3) is 0.385. The normalized spacial score (nSPS) is 15.1. The molecule has 184 valence electrons. The van der Waals surface area contributed by atoms with Crippen LogP contribution in [0.1, 0.15) is 31.2 Å². The first-order valence-electron chi connectivity index (χ1n) is 12.1. The van der Waals surface area contributed by atoms with E-state index in [0.717, 1.165) is 56.6 Å². The van der Waals surface area contributed by atoms with Crippen LogP contribution in [0.15, 0.2) is 42.5 Å². The van der Waals surface area contributed by atoms with Crippen LogP contribution in [0.2, 0.25) is 0 Å². The van der Waals surface area contributed by atoms with E-state index in [-0.39, 0.29) is 11.5 Å². The summed E-state index contributed by atoms with van der Waals surface area (Å²) in [5, 5.41) is 15.4. The second-order valence-corrected chi connectivity index (χ2v) is 8.74. The van der Waals surface area contributed by atoms with Crippen molar-refractivity contribution in [2.45, 2.75) is 19.8 Å². The van der Waals surface area contributed by atoms with Crippen LogP contribution in [-0.4, -0.2) is 70.5 Å². The van der Waals surface area contributed by atoms with Gasteiger partial charge in [-0.3, -0.25) is 10.1 Å². The van der Waals surface area contributed by atoms with Gasteiger partial charge in [0.15, 0.2) is 5.82 Å². The molecule has 0 radical (unpaired) electrons. The Morgan fingerprint density at radius 1 is 1.03 bits per heavy atom. The third-order valence-electron chi connectivity index (χ3n) is 6.15. The van der Waals surface area contributed by atoms with Gasteiger partial charge in [-0.15, -0.1) is 0 Å². The van der Waals surface area contributed by atoms with Crippen molar-refractivity contribution >= 4 is 34.6 Å². The molecule has 35 heavy (non-hydrogen) atoms. The molecule has 0 bridgehead atoms. The number of aromatic nitrogens is 2. The van der Waals surface area contributed by atoms with Crippen LogP contribution >= 0.6 is 0 Å². The van der Waals surface area contributed by atoms with E-state index >= 15 is 0 Å². The van der Waals surface area contributed by atoms with Gasteiger partial charge in [0.05, 0.1) is 10.4 Å². The number of hydrogen-bond acceptors (Lipinski definition) is 7. The van der Waals surface area contributed by atoms with Crippen molar-refractivity contribution in [3.05, 3.63) is 69.8 Å². The smallest absolute Gasteiger partial charge is 0.271 e. The van der Waals surface area contributed by atoms with Crippen molar-refractivity contribution in [2.75, 3.05) is 51.1 Å². The number of nitrogens with one attached hydrogen (secondary N) is 1. The number of nitrogens with zero attached hydrogens (tertiary/aromatic N) is 5. The van der Waals surface area contributed by atoms with E-state index in [1.54, 1.807) is 30.4 Å². The maximum atomic E-state index is 13.2. The van der Waals surface area contributed by atoms with E-state index in [1.807, 2.05) is 0 Å². The van der Waals surface area contributed by atoms with Crippen molar-refractivity contribution < 1.29 is 9.31 Å². The lowest BCUT2D eigenvalue weighted by Crippen LogP contribution is -2.46. The Labute approximate surface area is 204 Å². The first kappa shape index (κ1) is 24.7. The zero-order valence-corrected chi connectivity index (χ0v) is 20.0. The minimum absolute atomic E-state index is 0.0159. The van der Waals surface area contributed by atoms with Gasteiger partial charge in [0.2, 0.25) is 0 Å². The molecule has 0 aliphatic carbocycles. The minimum atomic E-state index is -0.428. The maximum Gasteiger partial charge on any atom is 0.271 e. The summed E-state index contributed by atoms with van der Waals surface area (Å²) in [5.74, 6) is 0.777. The fourth-order valence-corrected chi connectivity index (χ4v) is 4.27. The van der Waals surface area contributed by atoms with Crippen LogP contribution in [0, 0.1) is 15.9 Å². The molecule has 1 aromatic heterocycles. The second-order valence-electron chi connectivity index (χ2n) is 8.74. The first-order chi connectivity index (χ1) is 17.0. The number of benzene rings is 2. The van der Waals surface area contributed by atoms with Gasteiger partial charge in [0.25, 0.3) is 5.69 Å². The standard InChI is InChI=1S/C26H31FN6O2/c1-2-13-31-15-17-32(18-16-31)14-3-12-28-26-23-10-9-22(33(34)35)19-24(23)29-25(30-26)11-6-20-4-7-21(27)8-5-20/h4-11,19H,2-3,12-18H2,1H3,(H,28,29,30). The van der Waals surface area contributed by atoms with Gasteiger partial charge in [-0.2, -0.15) is 0 Å². The second kappa shape index (κ2) is 11.8. The van der Waals surface area contributed by atoms with Gasteiger partial charge in [-0.1, -0.05) is 25.1 Å². The number of piperazine rings is 1. The molecule has 0 unspecified atom stereocenters. The summed E-state index contributed by atoms with van der Waals surface area (Å²) >= 11 is 0. The lowest BCUT2D eigenvalue weighted by Gasteiger charge is -2.34. The molecule has 3 aromatic rings. The number of non-ortho nitro benzene ring substituents is 1. The molecule has 4 rings (SSSR count). The van der Waals surface area contributed by atoms with Gasteiger partial charge in [-0.25, -0.2) is 14.4 Å². The highest BCUT2D eigenvalue weighted by molar-refractivity contribution is 5.91. The number of hydrogen-bond donors (Lipinski definition) is 1. The minimum Gasteiger partial charge on any atom is -0.369 e. The van der Waals surface area contributed by atoms with Crippen LogP contribution < -0.4 is 5.32 Å². The number of fused-ring (bicyclic) bond motifs is 1. The average molecular weight is 479 g/mol. The Balaban J connectivity index is 1.45. The maximum absolute atomic E-state index is 13.2. The molecule has 9 heteroatoms. The SMILES string of the molecule is CCCN1CCN(CCCNc2nc(C=Cc3ccc(F)cc3)nc3cc([N+](=O)[O-])ccc23)CC1. The van der Waals surface area contributed by atoms with Crippen molar-refractivity contribution in [1.82, 2.24) is 19.8 Å². The number of halogens is 1. The Hall–Kier alpha value is -3.43. The molecule has 1 aliphatic heterocycles. The van der Waals surface area contributed by atoms with Gasteiger partial charge in [0, 0.05) is 50.2 Å². The van der Waals surface area contributed by atoms with Crippen molar-refractivity contribution in [3.8, 4) is 0 Å². The third-order valence-corrected chi connectivity index (χ3v) is 6.15.